The Morgan fingerprint density at radius 2 is 1.78 bits per heavy atom. The number of carbonyl (C=O) groups is 1. The van der Waals surface area contributed by atoms with Crippen molar-refractivity contribution in [1.29, 1.82) is 0 Å². The second-order valence-corrected chi connectivity index (χ2v) is 6.21. The molecule has 2 rings (SSSR count). The van der Waals surface area contributed by atoms with Crippen molar-refractivity contribution < 1.29 is 9.69 Å². The average Bonchev–Trinajstić information content (AvgIpc) is 2.56. The lowest BCUT2D eigenvalue weighted by Crippen LogP contribution is -3.12. The molecule has 0 aliphatic rings. The summed E-state index contributed by atoms with van der Waals surface area (Å²) in [5.41, 5.74) is 4.70. The van der Waals surface area contributed by atoms with Crippen LogP contribution in [0.2, 0.25) is 0 Å². The van der Waals surface area contributed by atoms with Crippen LogP contribution in [0.1, 0.15) is 30.5 Å². The number of anilines is 1. The Labute approximate surface area is 139 Å². The summed E-state index contributed by atoms with van der Waals surface area (Å²) in [5, 5.41) is 3.01. The van der Waals surface area contributed by atoms with E-state index in [1.807, 2.05) is 25.1 Å². The molecule has 3 nitrogen and oxygen atoms in total. The lowest BCUT2D eigenvalue weighted by Gasteiger charge is -2.22. The molecule has 0 aliphatic carbocycles. The summed E-state index contributed by atoms with van der Waals surface area (Å²) in [7, 11) is 2.07. The standard InChI is InChI=1S/C20H26N2O/c1-5-17-10-12-19(13-11-17)21-20(23)16(3)22(4)14-18-9-7-6-8-15(18)2/h6-13,16H,5,14H2,1-4H3,(H,21,23)/p+1/t16-/m1/s1. The van der Waals surface area contributed by atoms with Gasteiger partial charge in [-0.15, -0.1) is 0 Å². The van der Waals surface area contributed by atoms with Crippen LogP contribution in [0, 0.1) is 6.92 Å². The first-order valence-electron chi connectivity index (χ1n) is 8.28. The minimum absolute atomic E-state index is 0.0559. The normalized spacial score (nSPS) is 13.4. The molecule has 0 saturated heterocycles. The largest absolute Gasteiger partial charge is 0.324 e. The van der Waals surface area contributed by atoms with E-state index in [1.165, 1.54) is 21.6 Å². The summed E-state index contributed by atoms with van der Waals surface area (Å²) in [4.78, 5) is 13.6. The average molecular weight is 311 g/mol. The fourth-order valence-electron chi connectivity index (χ4n) is 2.56. The monoisotopic (exact) mass is 311 g/mol. The fourth-order valence-corrected chi connectivity index (χ4v) is 2.56. The van der Waals surface area contributed by atoms with E-state index in [0.717, 1.165) is 18.7 Å². The molecule has 0 aromatic heterocycles. The van der Waals surface area contributed by atoms with Gasteiger partial charge in [-0.3, -0.25) is 4.79 Å². The van der Waals surface area contributed by atoms with Gasteiger partial charge in [0.1, 0.15) is 6.54 Å². The molecule has 0 spiro atoms. The first kappa shape index (κ1) is 17.2. The van der Waals surface area contributed by atoms with Gasteiger partial charge in [0.15, 0.2) is 6.04 Å². The smallest absolute Gasteiger partial charge is 0.282 e. The lowest BCUT2D eigenvalue weighted by molar-refractivity contribution is -0.907. The Morgan fingerprint density at radius 3 is 2.39 bits per heavy atom. The van der Waals surface area contributed by atoms with E-state index in [-0.39, 0.29) is 11.9 Å². The Hall–Kier alpha value is -2.13. The fraction of sp³-hybridized carbons (Fsp3) is 0.350. The summed E-state index contributed by atoms with van der Waals surface area (Å²) in [5.74, 6) is 0.0559. The first-order valence-corrected chi connectivity index (χ1v) is 8.28. The number of quaternary nitrogens is 1. The van der Waals surface area contributed by atoms with Gasteiger partial charge >= 0.3 is 0 Å². The molecule has 1 amide bonds. The van der Waals surface area contributed by atoms with Crippen LogP contribution in [0.25, 0.3) is 0 Å². The summed E-state index contributed by atoms with van der Waals surface area (Å²) < 4.78 is 0. The summed E-state index contributed by atoms with van der Waals surface area (Å²) in [6.07, 6.45) is 1.01. The topological polar surface area (TPSA) is 33.5 Å². The van der Waals surface area contributed by atoms with Crippen molar-refractivity contribution in [2.24, 2.45) is 0 Å². The highest BCUT2D eigenvalue weighted by Crippen LogP contribution is 2.10. The van der Waals surface area contributed by atoms with E-state index >= 15 is 0 Å². The number of benzene rings is 2. The summed E-state index contributed by atoms with van der Waals surface area (Å²) in [6, 6.07) is 16.3. The maximum absolute atomic E-state index is 12.5. The van der Waals surface area contributed by atoms with Gasteiger partial charge in [-0.1, -0.05) is 43.3 Å². The van der Waals surface area contributed by atoms with E-state index in [1.54, 1.807) is 0 Å². The number of aryl methyl sites for hydroxylation is 2. The number of rotatable bonds is 6. The molecule has 2 aromatic carbocycles. The molecule has 122 valence electrons. The van der Waals surface area contributed by atoms with E-state index in [9.17, 15) is 4.79 Å². The maximum atomic E-state index is 12.5. The molecule has 0 bridgehead atoms. The van der Waals surface area contributed by atoms with Crippen molar-refractivity contribution in [3.8, 4) is 0 Å². The van der Waals surface area contributed by atoms with Crippen molar-refractivity contribution in [2.75, 3.05) is 12.4 Å². The third-order valence-electron chi connectivity index (χ3n) is 4.49. The molecule has 2 aromatic rings. The minimum Gasteiger partial charge on any atom is -0.324 e. The second-order valence-electron chi connectivity index (χ2n) is 6.21. The molecule has 0 fully saturated rings. The molecule has 2 atom stereocenters. The van der Waals surface area contributed by atoms with Crippen molar-refractivity contribution in [2.45, 2.75) is 39.8 Å². The van der Waals surface area contributed by atoms with Gasteiger partial charge in [-0.25, -0.2) is 0 Å². The van der Waals surface area contributed by atoms with Crippen LogP contribution in [-0.4, -0.2) is 19.0 Å². The van der Waals surface area contributed by atoms with Crippen LogP contribution in [0.3, 0.4) is 0 Å². The van der Waals surface area contributed by atoms with E-state index in [2.05, 4.69) is 56.5 Å². The first-order chi connectivity index (χ1) is 11.0. The minimum atomic E-state index is -0.111. The molecule has 23 heavy (non-hydrogen) atoms. The van der Waals surface area contributed by atoms with Crippen molar-refractivity contribution in [3.05, 3.63) is 65.2 Å². The number of nitrogens with one attached hydrogen (secondary N) is 2. The zero-order chi connectivity index (χ0) is 16.8. The molecule has 0 heterocycles. The van der Waals surface area contributed by atoms with E-state index in [4.69, 9.17) is 0 Å². The van der Waals surface area contributed by atoms with Gasteiger partial charge in [0, 0.05) is 11.3 Å². The Kier molecular flexibility index (Phi) is 5.94. The number of carbonyl (C=O) groups excluding carboxylic acids is 1. The van der Waals surface area contributed by atoms with Crippen LogP contribution in [-0.2, 0) is 17.8 Å². The number of hydrogen-bond donors (Lipinski definition) is 2. The molecule has 0 radical (unpaired) electrons. The van der Waals surface area contributed by atoms with Crippen molar-refractivity contribution in [1.82, 2.24) is 0 Å². The van der Waals surface area contributed by atoms with Gasteiger partial charge in [-0.05, 0) is 43.5 Å². The van der Waals surface area contributed by atoms with E-state index < -0.39 is 0 Å². The van der Waals surface area contributed by atoms with Crippen LogP contribution >= 0.6 is 0 Å². The second kappa shape index (κ2) is 7.93. The Morgan fingerprint density at radius 1 is 1.13 bits per heavy atom. The van der Waals surface area contributed by atoms with Crippen molar-refractivity contribution in [3.63, 3.8) is 0 Å². The third-order valence-corrected chi connectivity index (χ3v) is 4.49. The van der Waals surface area contributed by atoms with Crippen molar-refractivity contribution >= 4 is 11.6 Å². The zero-order valence-electron chi connectivity index (χ0n) is 14.5. The van der Waals surface area contributed by atoms with Crippen LogP contribution in [0.15, 0.2) is 48.5 Å². The summed E-state index contributed by atoms with van der Waals surface area (Å²) >= 11 is 0. The van der Waals surface area contributed by atoms with Gasteiger partial charge in [0.25, 0.3) is 5.91 Å². The van der Waals surface area contributed by atoms with E-state index in [0.29, 0.717) is 0 Å². The Balaban J connectivity index is 1.96. The highest BCUT2D eigenvalue weighted by Gasteiger charge is 2.22. The SMILES string of the molecule is CCc1ccc(NC(=O)[C@@H](C)[NH+](C)Cc2ccccc2C)cc1. The quantitative estimate of drug-likeness (QED) is 0.845. The highest BCUT2D eigenvalue weighted by molar-refractivity contribution is 5.93. The number of amides is 1. The predicted molar refractivity (Wildman–Crippen MR) is 95.7 cm³/mol. The predicted octanol–water partition coefficient (Wildman–Crippen LogP) is 2.60. The zero-order valence-corrected chi connectivity index (χ0v) is 14.5. The highest BCUT2D eigenvalue weighted by atomic mass is 16.2. The molecule has 3 heteroatoms. The molecule has 1 unspecified atom stereocenters. The molecule has 0 saturated carbocycles. The van der Waals surface area contributed by atoms with Gasteiger partial charge in [0.2, 0.25) is 0 Å². The Bertz CT molecular complexity index is 649. The van der Waals surface area contributed by atoms with Crippen LogP contribution < -0.4 is 10.2 Å². The number of hydrogen-bond acceptors (Lipinski definition) is 1. The summed E-state index contributed by atoms with van der Waals surface area (Å²) in [6.45, 7) is 7.06. The number of likely N-dealkylation sites (N-methyl/N-ethyl adjacent to an activating group) is 1. The third kappa shape index (κ3) is 4.67. The molecule has 0 aliphatic heterocycles. The van der Waals surface area contributed by atoms with Gasteiger partial charge in [0.05, 0.1) is 7.05 Å². The maximum Gasteiger partial charge on any atom is 0.282 e. The van der Waals surface area contributed by atoms with Crippen LogP contribution in [0.5, 0.6) is 0 Å². The molecular weight excluding hydrogens is 284 g/mol. The lowest BCUT2D eigenvalue weighted by atomic mass is 10.1. The molecular formula is C20H27N2O+. The van der Waals surface area contributed by atoms with Crippen LogP contribution in [0.4, 0.5) is 5.69 Å². The van der Waals surface area contributed by atoms with Gasteiger partial charge < -0.3 is 10.2 Å². The molecule has 2 N–H and O–H groups in total. The van der Waals surface area contributed by atoms with Gasteiger partial charge in [-0.2, -0.15) is 0 Å².